The van der Waals surface area contributed by atoms with Crippen LogP contribution in [0.4, 0.5) is 5.69 Å². The van der Waals surface area contributed by atoms with Gasteiger partial charge in [-0.3, -0.25) is 10.1 Å². The highest BCUT2D eigenvalue weighted by Crippen LogP contribution is 2.31. The van der Waals surface area contributed by atoms with E-state index in [0.717, 1.165) is 21.7 Å². The summed E-state index contributed by atoms with van der Waals surface area (Å²) in [5, 5.41) is 20.0. The number of hydrogen-bond donors (Lipinski definition) is 2. The number of carbonyl (C=O) groups is 1. The Kier molecular flexibility index (Phi) is 6.64. The second-order valence-electron chi connectivity index (χ2n) is 7.84. The van der Waals surface area contributed by atoms with E-state index in [4.69, 9.17) is 28.2 Å². The van der Waals surface area contributed by atoms with Gasteiger partial charge in [0.25, 0.3) is 0 Å². The van der Waals surface area contributed by atoms with E-state index in [-0.39, 0.29) is 5.11 Å². The molecule has 0 spiro atoms. The highest BCUT2D eigenvalue weighted by atomic mass is 35.5. The highest BCUT2D eigenvalue weighted by Gasteiger charge is 2.14. The largest absolute Gasteiger partial charge is 0.457 e. The van der Waals surface area contributed by atoms with E-state index in [1.165, 1.54) is 17.4 Å². The normalized spacial score (nSPS) is 11.3. The summed E-state index contributed by atoms with van der Waals surface area (Å²) in [6.45, 7) is 3.78. The highest BCUT2D eigenvalue weighted by molar-refractivity contribution is 7.80. The van der Waals surface area contributed by atoms with Crippen molar-refractivity contribution in [1.82, 2.24) is 25.1 Å². The second-order valence-corrected chi connectivity index (χ2v) is 9.61. The van der Waals surface area contributed by atoms with Crippen LogP contribution in [0.3, 0.4) is 0 Å². The molecule has 5 rings (SSSR count). The standard InChI is InChI=1S/C25H19ClN6O2S2/c1-14-7-8-16(13-19(14)26)21-11-9-17(34-21)10-12-22(33)28-24(35)27-20-6-4-3-5-18(20)23-31-32-15(2)29-30-25(32)36-23/h3-13H,1-2H3,(H2,27,28,33,35)/b12-10+. The Labute approximate surface area is 220 Å². The van der Waals surface area contributed by atoms with Crippen molar-refractivity contribution in [3.63, 3.8) is 0 Å². The fraction of sp³-hybridized carbons (Fsp3) is 0.0800. The molecule has 180 valence electrons. The number of carbonyl (C=O) groups excluding carboxylic acids is 1. The van der Waals surface area contributed by atoms with Gasteiger partial charge in [0.2, 0.25) is 10.9 Å². The first-order chi connectivity index (χ1) is 17.4. The van der Waals surface area contributed by atoms with Crippen molar-refractivity contribution >= 4 is 62.9 Å². The number of fused-ring (bicyclic) bond motifs is 1. The molecule has 11 heteroatoms. The van der Waals surface area contributed by atoms with Gasteiger partial charge in [-0.1, -0.05) is 47.2 Å². The fourth-order valence-corrected chi connectivity index (χ4v) is 4.73. The molecule has 0 aliphatic rings. The topological polar surface area (TPSA) is 97.4 Å². The van der Waals surface area contributed by atoms with Gasteiger partial charge < -0.3 is 9.73 Å². The third-order valence-electron chi connectivity index (χ3n) is 5.27. The van der Waals surface area contributed by atoms with E-state index in [2.05, 4.69) is 25.9 Å². The number of amides is 1. The minimum absolute atomic E-state index is 0.158. The molecule has 0 radical (unpaired) electrons. The van der Waals surface area contributed by atoms with Crippen molar-refractivity contribution in [2.45, 2.75) is 13.8 Å². The number of furan rings is 1. The third kappa shape index (κ3) is 5.06. The average molecular weight is 535 g/mol. The predicted molar refractivity (Wildman–Crippen MR) is 146 cm³/mol. The van der Waals surface area contributed by atoms with Crippen LogP contribution in [-0.2, 0) is 4.79 Å². The third-order valence-corrected chi connectivity index (χ3v) is 6.81. The van der Waals surface area contributed by atoms with Gasteiger partial charge in [-0.15, -0.1) is 10.2 Å². The molecule has 2 N–H and O–H groups in total. The van der Waals surface area contributed by atoms with Crippen LogP contribution < -0.4 is 10.6 Å². The van der Waals surface area contributed by atoms with Gasteiger partial charge in [-0.05, 0) is 68.0 Å². The van der Waals surface area contributed by atoms with Crippen molar-refractivity contribution in [2.24, 2.45) is 0 Å². The summed E-state index contributed by atoms with van der Waals surface area (Å²) < 4.78 is 7.51. The van der Waals surface area contributed by atoms with Crippen molar-refractivity contribution < 1.29 is 9.21 Å². The number of nitrogens with zero attached hydrogens (tertiary/aromatic N) is 4. The smallest absolute Gasteiger partial charge is 0.250 e. The lowest BCUT2D eigenvalue weighted by Crippen LogP contribution is -2.32. The average Bonchev–Trinajstić information content (AvgIpc) is 3.58. The Morgan fingerprint density at radius 3 is 2.78 bits per heavy atom. The number of hydrogen-bond acceptors (Lipinski definition) is 7. The summed E-state index contributed by atoms with van der Waals surface area (Å²) in [5.74, 6) is 1.50. The summed E-state index contributed by atoms with van der Waals surface area (Å²) in [5.41, 5.74) is 3.39. The molecule has 36 heavy (non-hydrogen) atoms. The first-order valence-electron chi connectivity index (χ1n) is 10.8. The van der Waals surface area contributed by atoms with Gasteiger partial charge in [-0.25, -0.2) is 0 Å². The molecule has 8 nitrogen and oxygen atoms in total. The molecule has 0 saturated carbocycles. The van der Waals surface area contributed by atoms with E-state index in [1.54, 1.807) is 16.7 Å². The molecule has 2 aromatic carbocycles. The Balaban J connectivity index is 1.24. The van der Waals surface area contributed by atoms with Gasteiger partial charge in [0, 0.05) is 22.2 Å². The number of thiocarbonyl (C=S) groups is 1. The summed E-state index contributed by atoms with van der Waals surface area (Å²) in [6.07, 6.45) is 2.93. The molecular formula is C25H19ClN6O2S2. The van der Waals surface area contributed by atoms with Crippen LogP contribution in [0.15, 0.2) is 65.1 Å². The summed E-state index contributed by atoms with van der Waals surface area (Å²) in [4.78, 5) is 13.1. The molecule has 0 bridgehead atoms. The number of aryl methyl sites for hydroxylation is 2. The second kappa shape index (κ2) is 10.0. The molecular weight excluding hydrogens is 516 g/mol. The van der Waals surface area contributed by atoms with Crippen LogP contribution in [0, 0.1) is 13.8 Å². The molecule has 0 aliphatic heterocycles. The van der Waals surface area contributed by atoms with Gasteiger partial charge >= 0.3 is 0 Å². The molecule has 0 aliphatic carbocycles. The van der Waals surface area contributed by atoms with Gasteiger partial charge in [0.15, 0.2) is 10.9 Å². The van der Waals surface area contributed by atoms with Crippen molar-refractivity contribution in [3.8, 4) is 21.9 Å². The molecule has 0 atom stereocenters. The Hall–Kier alpha value is -3.86. The number of aromatic nitrogens is 4. The predicted octanol–water partition coefficient (Wildman–Crippen LogP) is 5.91. The van der Waals surface area contributed by atoms with E-state index in [1.807, 2.05) is 62.4 Å². The van der Waals surface area contributed by atoms with E-state index in [0.29, 0.717) is 33.0 Å². The Morgan fingerprint density at radius 2 is 1.97 bits per heavy atom. The number of anilines is 1. The first kappa shape index (κ1) is 23.9. The lowest BCUT2D eigenvalue weighted by molar-refractivity contribution is -0.115. The maximum absolute atomic E-state index is 12.4. The van der Waals surface area contributed by atoms with Crippen LogP contribution in [0.1, 0.15) is 17.1 Å². The van der Waals surface area contributed by atoms with Crippen molar-refractivity contribution in [2.75, 3.05) is 5.32 Å². The zero-order valence-corrected chi connectivity index (χ0v) is 21.5. The molecule has 0 saturated heterocycles. The molecule has 3 aromatic heterocycles. The summed E-state index contributed by atoms with van der Waals surface area (Å²) in [7, 11) is 0. The zero-order chi connectivity index (χ0) is 25.2. The maximum Gasteiger partial charge on any atom is 0.250 e. The van der Waals surface area contributed by atoms with E-state index >= 15 is 0 Å². The molecule has 5 aromatic rings. The Bertz CT molecular complexity index is 1630. The lowest BCUT2D eigenvalue weighted by atomic mass is 10.1. The quantitative estimate of drug-likeness (QED) is 0.214. The molecule has 0 fully saturated rings. The number of para-hydroxylation sites is 1. The molecule has 3 heterocycles. The molecule has 1 amide bonds. The van der Waals surface area contributed by atoms with E-state index in [9.17, 15) is 4.79 Å². The Morgan fingerprint density at radius 1 is 1.14 bits per heavy atom. The van der Waals surface area contributed by atoms with Gasteiger partial charge in [0.1, 0.15) is 16.5 Å². The summed E-state index contributed by atoms with van der Waals surface area (Å²) >= 11 is 13.0. The number of benzene rings is 2. The molecule has 0 unspecified atom stereocenters. The van der Waals surface area contributed by atoms with Crippen molar-refractivity contribution in [3.05, 3.63) is 82.8 Å². The maximum atomic E-state index is 12.4. The zero-order valence-electron chi connectivity index (χ0n) is 19.2. The van der Waals surface area contributed by atoms with Crippen LogP contribution in [0.2, 0.25) is 5.02 Å². The van der Waals surface area contributed by atoms with Gasteiger partial charge in [-0.2, -0.15) is 9.61 Å². The van der Waals surface area contributed by atoms with Crippen LogP contribution in [-0.4, -0.2) is 30.8 Å². The first-order valence-corrected chi connectivity index (χ1v) is 12.4. The van der Waals surface area contributed by atoms with Crippen molar-refractivity contribution in [1.29, 1.82) is 0 Å². The fourth-order valence-electron chi connectivity index (χ4n) is 3.41. The minimum atomic E-state index is -0.393. The van der Waals surface area contributed by atoms with Crippen LogP contribution in [0.25, 0.3) is 32.9 Å². The SMILES string of the molecule is Cc1ccc(-c2ccc(/C=C/C(=O)NC(=S)Nc3ccccc3-c3nn4c(C)nnc4s3)o2)cc1Cl. The van der Waals surface area contributed by atoms with Crippen LogP contribution in [0.5, 0.6) is 0 Å². The number of rotatable bonds is 5. The monoisotopic (exact) mass is 534 g/mol. The number of halogens is 1. The van der Waals surface area contributed by atoms with E-state index < -0.39 is 5.91 Å². The summed E-state index contributed by atoms with van der Waals surface area (Å²) in [6, 6.07) is 16.9. The van der Waals surface area contributed by atoms with Gasteiger partial charge in [0.05, 0.1) is 5.69 Å². The number of nitrogens with one attached hydrogen (secondary N) is 2. The minimum Gasteiger partial charge on any atom is -0.457 e. The lowest BCUT2D eigenvalue weighted by Gasteiger charge is -2.11. The van der Waals surface area contributed by atoms with Crippen LogP contribution >= 0.6 is 35.2 Å².